The molecule has 2 aliphatic rings. The van der Waals surface area contributed by atoms with Crippen LogP contribution in [0.15, 0.2) is 12.2 Å². The average molecular weight is 324 g/mol. The highest BCUT2D eigenvalue weighted by Gasteiger charge is 2.49. The Morgan fingerprint density at radius 3 is 2.43 bits per heavy atom. The monoisotopic (exact) mass is 324 g/mol. The molecule has 128 valence electrons. The molecule has 2 N–H and O–H groups in total. The SMILES string of the molecule is COC(=O)CNC(=O)[C@@H]1[C@H](NC(=O)OC(C)(C)C)[C@H]2C=C[C@@H]1C2. The van der Waals surface area contributed by atoms with Gasteiger partial charge in [0.15, 0.2) is 0 Å². The Labute approximate surface area is 135 Å². The summed E-state index contributed by atoms with van der Waals surface area (Å²) in [5, 5.41) is 5.38. The van der Waals surface area contributed by atoms with Crippen molar-refractivity contribution < 1.29 is 23.9 Å². The molecule has 0 radical (unpaired) electrons. The van der Waals surface area contributed by atoms with Crippen molar-refractivity contribution in [3.63, 3.8) is 0 Å². The fourth-order valence-corrected chi connectivity index (χ4v) is 3.17. The lowest BCUT2D eigenvalue weighted by atomic mass is 9.88. The van der Waals surface area contributed by atoms with Gasteiger partial charge >= 0.3 is 12.1 Å². The van der Waals surface area contributed by atoms with Gasteiger partial charge in [-0.25, -0.2) is 4.79 Å². The highest BCUT2D eigenvalue weighted by Crippen LogP contribution is 2.43. The molecule has 2 aliphatic carbocycles. The first-order chi connectivity index (χ1) is 10.7. The van der Waals surface area contributed by atoms with Gasteiger partial charge in [-0.3, -0.25) is 9.59 Å². The van der Waals surface area contributed by atoms with Crippen molar-refractivity contribution in [1.29, 1.82) is 0 Å². The molecule has 0 aromatic carbocycles. The predicted molar refractivity (Wildman–Crippen MR) is 82.4 cm³/mol. The van der Waals surface area contributed by atoms with E-state index in [9.17, 15) is 14.4 Å². The third kappa shape index (κ3) is 4.24. The molecule has 0 spiro atoms. The van der Waals surface area contributed by atoms with Gasteiger partial charge in [0, 0.05) is 0 Å². The van der Waals surface area contributed by atoms with Gasteiger partial charge in [-0.2, -0.15) is 0 Å². The average Bonchev–Trinajstić information content (AvgIpc) is 3.03. The summed E-state index contributed by atoms with van der Waals surface area (Å²) >= 11 is 0. The summed E-state index contributed by atoms with van der Waals surface area (Å²) in [6.07, 6.45) is 4.31. The zero-order valence-corrected chi connectivity index (χ0v) is 13.9. The van der Waals surface area contributed by atoms with Crippen molar-refractivity contribution in [3.05, 3.63) is 12.2 Å². The Morgan fingerprint density at radius 1 is 1.17 bits per heavy atom. The number of carbonyl (C=O) groups is 3. The van der Waals surface area contributed by atoms with Crippen LogP contribution in [0, 0.1) is 17.8 Å². The number of hydrogen-bond donors (Lipinski definition) is 2. The zero-order chi connectivity index (χ0) is 17.2. The second-order valence-corrected chi connectivity index (χ2v) is 6.94. The van der Waals surface area contributed by atoms with Crippen molar-refractivity contribution in [2.75, 3.05) is 13.7 Å². The van der Waals surface area contributed by atoms with E-state index in [1.807, 2.05) is 12.2 Å². The van der Waals surface area contributed by atoms with Gasteiger partial charge in [0.25, 0.3) is 0 Å². The molecule has 0 unspecified atom stereocenters. The maximum atomic E-state index is 12.4. The molecule has 0 saturated heterocycles. The second kappa shape index (κ2) is 6.60. The normalized spacial score (nSPS) is 28.3. The van der Waals surface area contributed by atoms with Crippen LogP contribution in [-0.2, 0) is 19.1 Å². The summed E-state index contributed by atoms with van der Waals surface area (Å²) in [4.78, 5) is 35.6. The molecule has 7 heteroatoms. The summed E-state index contributed by atoms with van der Waals surface area (Å²) in [5.41, 5.74) is -0.597. The number of amides is 2. The number of alkyl carbamates (subject to hydrolysis) is 1. The Kier molecular flexibility index (Phi) is 4.97. The van der Waals surface area contributed by atoms with Crippen molar-refractivity contribution in [2.45, 2.75) is 38.8 Å². The number of ether oxygens (including phenoxy) is 2. The van der Waals surface area contributed by atoms with Crippen LogP contribution in [0.1, 0.15) is 27.2 Å². The quantitative estimate of drug-likeness (QED) is 0.594. The minimum Gasteiger partial charge on any atom is -0.468 e. The van der Waals surface area contributed by atoms with Gasteiger partial charge < -0.3 is 20.1 Å². The van der Waals surface area contributed by atoms with E-state index in [0.717, 1.165) is 6.42 Å². The van der Waals surface area contributed by atoms with Crippen molar-refractivity contribution in [2.24, 2.45) is 17.8 Å². The summed E-state index contributed by atoms with van der Waals surface area (Å²) < 4.78 is 9.79. The van der Waals surface area contributed by atoms with E-state index in [-0.39, 0.29) is 30.3 Å². The van der Waals surface area contributed by atoms with Crippen molar-refractivity contribution >= 4 is 18.0 Å². The topological polar surface area (TPSA) is 93.7 Å². The van der Waals surface area contributed by atoms with Crippen LogP contribution in [0.3, 0.4) is 0 Å². The molecule has 23 heavy (non-hydrogen) atoms. The zero-order valence-electron chi connectivity index (χ0n) is 13.9. The summed E-state index contributed by atoms with van der Waals surface area (Å²) in [6.45, 7) is 5.18. The summed E-state index contributed by atoms with van der Waals surface area (Å²) in [7, 11) is 1.27. The number of esters is 1. The van der Waals surface area contributed by atoms with Crippen LogP contribution in [0.5, 0.6) is 0 Å². The third-order valence-corrected chi connectivity index (χ3v) is 4.08. The lowest BCUT2D eigenvalue weighted by Gasteiger charge is -2.29. The van der Waals surface area contributed by atoms with E-state index < -0.39 is 23.6 Å². The van der Waals surface area contributed by atoms with E-state index in [0.29, 0.717) is 0 Å². The van der Waals surface area contributed by atoms with E-state index in [1.54, 1.807) is 20.8 Å². The standard InChI is InChI=1S/C16H24N2O5/c1-16(2,3)23-15(21)18-13-10-6-5-9(7-10)12(13)14(20)17-8-11(19)22-4/h5-6,9-10,12-13H,7-8H2,1-4H3,(H,17,20)(H,18,21)/t9-,10+,12+,13-/m1/s1. The van der Waals surface area contributed by atoms with Gasteiger partial charge in [-0.15, -0.1) is 0 Å². The van der Waals surface area contributed by atoms with Crippen LogP contribution in [0.4, 0.5) is 4.79 Å². The van der Waals surface area contributed by atoms with E-state index in [4.69, 9.17) is 4.74 Å². The van der Waals surface area contributed by atoms with Gasteiger partial charge in [-0.1, -0.05) is 12.2 Å². The van der Waals surface area contributed by atoms with Crippen LogP contribution in [0.25, 0.3) is 0 Å². The van der Waals surface area contributed by atoms with Crippen LogP contribution in [-0.4, -0.2) is 43.3 Å². The second-order valence-electron chi connectivity index (χ2n) is 6.94. The lowest BCUT2D eigenvalue weighted by Crippen LogP contribution is -2.50. The highest BCUT2D eigenvalue weighted by atomic mass is 16.6. The Bertz CT molecular complexity index is 523. The smallest absolute Gasteiger partial charge is 0.407 e. The molecule has 4 atom stereocenters. The van der Waals surface area contributed by atoms with Crippen molar-refractivity contribution in [3.8, 4) is 0 Å². The number of carbonyl (C=O) groups excluding carboxylic acids is 3. The van der Waals surface area contributed by atoms with E-state index >= 15 is 0 Å². The predicted octanol–water partition coefficient (Wildman–Crippen LogP) is 0.991. The molecule has 1 fully saturated rings. The molecule has 7 nitrogen and oxygen atoms in total. The van der Waals surface area contributed by atoms with Crippen molar-refractivity contribution in [1.82, 2.24) is 10.6 Å². The van der Waals surface area contributed by atoms with Gasteiger partial charge in [0.2, 0.25) is 5.91 Å². The summed E-state index contributed by atoms with van der Waals surface area (Å²) in [5.74, 6) is -0.983. The van der Waals surface area contributed by atoms with E-state index in [1.165, 1.54) is 7.11 Å². The number of methoxy groups -OCH3 is 1. The van der Waals surface area contributed by atoms with Crippen LogP contribution in [0.2, 0.25) is 0 Å². The first-order valence-electron chi connectivity index (χ1n) is 7.73. The Hall–Kier alpha value is -2.05. The number of nitrogens with one attached hydrogen (secondary N) is 2. The van der Waals surface area contributed by atoms with Gasteiger partial charge in [0.1, 0.15) is 12.1 Å². The van der Waals surface area contributed by atoms with Crippen LogP contribution < -0.4 is 10.6 Å². The molecule has 2 rings (SSSR count). The first-order valence-corrected chi connectivity index (χ1v) is 7.73. The molecule has 2 bridgehead atoms. The number of fused-ring (bicyclic) bond motifs is 2. The molecule has 0 aliphatic heterocycles. The fourth-order valence-electron chi connectivity index (χ4n) is 3.17. The lowest BCUT2D eigenvalue weighted by molar-refractivity contribution is -0.141. The maximum absolute atomic E-state index is 12.4. The minimum absolute atomic E-state index is 0.0672. The number of hydrogen-bond acceptors (Lipinski definition) is 5. The fraction of sp³-hybridized carbons (Fsp3) is 0.688. The Morgan fingerprint density at radius 2 is 1.83 bits per heavy atom. The molecule has 1 saturated carbocycles. The van der Waals surface area contributed by atoms with Gasteiger partial charge in [0.05, 0.1) is 19.1 Å². The molecular formula is C16H24N2O5. The molecule has 2 amide bonds. The number of rotatable bonds is 4. The van der Waals surface area contributed by atoms with Gasteiger partial charge in [-0.05, 0) is 39.0 Å². The molecule has 0 aromatic rings. The number of allylic oxidation sites excluding steroid dienone is 1. The highest BCUT2D eigenvalue weighted by molar-refractivity contribution is 5.85. The van der Waals surface area contributed by atoms with E-state index in [2.05, 4.69) is 15.4 Å². The third-order valence-electron chi connectivity index (χ3n) is 4.08. The molecule has 0 heterocycles. The molecule has 0 aromatic heterocycles. The summed E-state index contributed by atoms with van der Waals surface area (Å²) in [6, 6.07) is -0.322. The Balaban J connectivity index is 1.99. The maximum Gasteiger partial charge on any atom is 0.407 e. The minimum atomic E-state index is -0.597. The first kappa shape index (κ1) is 17.3. The largest absolute Gasteiger partial charge is 0.468 e. The van der Waals surface area contributed by atoms with Crippen LogP contribution >= 0.6 is 0 Å². The molecular weight excluding hydrogens is 300 g/mol.